The molecular formula is C26H23N3O4S. The van der Waals surface area contributed by atoms with Gasteiger partial charge in [-0.15, -0.1) is 0 Å². The number of carboxylic acid groups (broad SMARTS) is 1. The number of sulfonamides is 1. The SMILES string of the molecule is O=C(O)c1cc(NCc2ccccc2)c(Nc2ccccc2)c(S(=O)(=O)Nc2ccccc2)c1. The number of anilines is 4. The van der Waals surface area contributed by atoms with Crippen molar-refractivity contribution in [1.82, 2.24) is 0 Å². The van der Waals surface area contributed by atoms with Gasteiger partial charge in [0.25, 0.3) is 10.0 Å². The number of carbonyl (C=O) groups is 1. The number of benzene rings is 4. The van der Waals surface area contributed by atoms with Gasteiger partial charge in [-0.05, 0) is 42.0 Å². The zero-order valence-corrected chi connectivity index (χ0v) is 18.9. The third kappa shape index (κ3) is 5.54. The van der Waals surface area contributed by atoms with Crippen LogP contribution in [0, 0.1) is 0 Å². The minimum atomic E-state index is -4.14. The van der Waals surface area contributed by atoms with Crippen LogP contribution in [0.1, 0.15) is 15.9 Å². The molecule has 34 heavy (non-hydrogen) atoms. The van der Waals surface area contributed by atoms with E-state index in [4.69, 9.17) is 0 Å². The van der Waals surface area contributed by atoms with Crippen LogP contribution in [0.4, 0.5) is 22.7 Å². The Morgan fingerprint density at radius 1 is 0.765 bits per heavy atom. The van der Waals surface area contributed by atoms with Gasteiger partial charge in [0.15, 0.2) is 0 Å². The Morgan fingerprint density at radius 2 is 1.32 bits per heavy atom. The molecule has 7 nitrogen and oxygen atoms in total. The number of carboxylic acids is 1. The summed E-state index contributed by atoms with van der Waals surface area (Å²) in [7, 11) is -4.14. The fraction of sp³-hybridized carbons (Fsp3) is 0.0385. The van der Waals surface area contributed by atoms with Crippen LogP contribution in [-0.2, 0) is 16.6 Å². The maximum Gasteiger partial charge on any atom is 0.335 e. The molecule has 0 spiro atoms. The lowest BCUT2D eigenvalue weighted by Crippen LogP contribution is -2.17. The van der Waals surface area contributed by atoms with Crippen LogP contribution in [0.3, 0.4) is 0 Å². The van der Waals surface area contributed by atoms with E-state index in [1.807, 2.05) is 48.5 Å². The first-order valence-corrected chi connectivity index (χ1v) is 12.0. The standard InChI is InChI=1S/C26H23N3O4S/c30-26(31)20-16-23(27-18-19-10-4-1-5-11-19)25(28-21-12-6-2-7-13-21)24(17-20)34(32,33)29-22-14-8-3-9-15-22/h1-17,27-29H,18H2,(H,30,31). The van der Waals surface area contributed by atoms with Gasteiger partial charge < -0.3 is 15.7 Å². The van der Waals surface area contributed by atoms with E-state index in [9.17, 15) is 18.3 Å². The number of para-hydroxylation sites is 2. The average Bonchev–Trinajstić information content (AvgIpc) is 2.84. The molecule has 0 saturated carbocycles. The molecule has 0 atom stereocenters. The smallest absolute Gasteiger partial charge is 0.335 e. The van der Waals surface area contributed by atoms with Gasteiger partial charge in [0, 0.05) is 17.9 Å². The highest BCUT2D eigenvalue weighted by molar-refractivity contribution is 7.93. The van der Waals surface area contributed by atoms with Crippen LogP contribution in [0.2, 0.25) is 0 Å². The van der Waals surface area contributed by atoms with Crippen LogP contribution in [0.5, 0.6) is 0 Å². The minimum absolute atomic E-state index is 0.150. The van der Waals surface area contributed by atoms with Crippen LogP contribution >= 0.6 is 0 Å². The van der Waals surface area contributed by atoms with Gasteiger partial charge in [0.1, 0.15) is 4.90 Å². The van der Waals surface area contributed by atoms with Crippen molar-refractivity contribution < 1.29 is 18.3 Å². The first-order chi connectivity index (χ1) is 16.4. The molecule has 4 N–H and O–H groups in total. The fourth-order valence-electron chi connectivity index (χ4n) is 3.39. The Bertz CT molecular complexity index is 1380. The molecule has 0 amide bonds. The third-order valence-corrected chi connectivity index (χ3v) is 6.44. The summed E-state index contributed by atoms with van der Waals surface area (Å²) in [5, 5.41) is 16.1. The molecular weight excluding hydrogens is 450 g/mol. The molecule has 0 aromatic heterocycles. The van der Waals surface area contributed by atoms with Crippen LogP contribution in [0.25, 0.3) is 0 Å². The van der Waals surface area contributed by atoms with E-state index in [2.05, 4.69) is 15.4 Å². The van der Waals surface area contributed by atoms with Gasteiger partial charge in [-0.3, -0.25) is 4.72 Å². The van der Waals surface area contributed by atoms with Crippen LogP contribution in [-0.4, -0.2) is 19.5 Å². The maximum atomic E-state index is 13.4. The van der Waals surface area contributed by atoms with Gasteiger partial charge in [-0.1, -0.05) is 66.7 Å². The molecule has 0 saturated heterocycles. The number of aromatic carboxylic acids is 1. The minimum Gasteiger partial charge on any atom is -0.478 e. The third-order valence-electron chi connectivity index (χ3n) is 5.03. The van der Waals surface area contributed by atoms with E-state index in [0.29, 0.717) is 23.6 Å². The van der Waals surface area contributed by atoms with Crippen molar-refractivity contribution in [3.05, 3.63) is 114 Å². The van der Waals surface area contributed by atoms with Gasteiger partial charge in [-0.2, -0.15) is 0 Å². The molecule has 0 radical (unpaired) electrons. The van der Waals surface area contributed by atoms with E-state index in [-0.39, 0.29) is 16.1 Å². The van der Waals surface area contributed by atoms with E-state index in [1.165, 1.54) is 6.07 Å². The van der Waals surface area contributed by atoms with Crippen molar-refractivity contribution in [2.24, 2.45) is 0 Å². The molecule has 4 aromatic rings. The second kappa shape index (κ2) is 10.1. The van der Waals surface area contributed by atoms with E-state index in [0.717, 1.165) is 11.6 Å². The summed E-state index contributed by atoms with van der Waals surface area (Å²) in [6.07, 6.45) is 0. The quantitative estimate of drug-likeness (QED) is 0.254. The van der Waals surface area contributed by atoms with Crippen molar-refractivity contribution in [2.75, 3.05) is 15.4 Å². The highest BCUT2D eigenvalue weighted by Gasteiger charge is 2.25. The second-order valence-electron chi connectivity index (χ2n) is 7.50. The molecule has 172 valence electrons. The lowest BCUT2D eigenvalue weighted by atomic mass is 10.1. The predicted molar refractivity (Wildman–Crippen MR) is 134 cm³/mol. The summed E-state index contributed by atoms with van der Waals surface area (Å²) in [5.41, 5.74) is 2.43. The van der Waals surface area contributed by atoms with Crippen molar-refractivity contribution in [2.45, 2.75) is 11.4 Å². The number of hydrogen-bond donors (Lipinski definition) is 4. The summed E-state index contributed by atoms with van der Waals surface area (Å²) >= 11 is 0. The Balaban J connectivity index is 1.83. The number of rotatable bonds is 9. The van der Waals surface area contributed by atoms with Gasteiger partial charge in [-0.25, -0.2) is 13.2 Å². The van der Waals surface area contributed by atoms with Gasteiger partial charge in [0.2, 0.25) is 0 Å². The second-order valence-corrected chi connectivity index (χ2v) is 9.15. The molecule has 0 heterocycles. The molecule has 0 fully saturated rings. The highest BCUT2D eigenvalue weighted by Crippen LogP contribution is 2.35. The molecule has 0 bridgehead atoms. The maximum absolute atomic E-state index is 13.4. The number of hydrogen-bond acceptors (Lipinski definition) is 5. The predicted octanol–water partition coefficient (Wildman–Crippen LogP) is 5.54. The van der Waals surface area contributed by atoms with Gasteiger partial charge in [0.05, 0.1) is 16.9 Å². The van der Waals surface area contributed by atoms with E-state index < -0.39 is 16.0 Å². The molecule has 0 aliphatic heterocycles. The largest absolute Gasteiger partial charge is 0.478 e. The average molecular weight is 474 g/mol. The Kier molecular flexibility index (Phi) is 6.79. The molecule has 0 aliphatic rings. The summed E-state index contributed by atoms with van der Waals surface area (Å²) in [4.78, 5) is 11.7. The Hall–Kier alpha value is -4.30. The monoisotopic (exact) mass is 473 g/mol. The van der Waals surface area contributed by atoms with Crippen LogP contribution in [0.15, 0.2) is 108 Å². The fourth-order valence-corrected chi connectivity index (χ4v) is 4.66. The van der Waals surface area contributed by atoms with Crippen molar-refractivity contribution in [1.29, 1.82) is 0 Å². The number of nitrogens with one attached hydrogen (secondary N) is 3. The first-order valence-electron chi connectivity index (χ1n) is 10.5. The van der Waals surface area contributed by atoms with Crippen molar-refractivity contribution >= 4 is 38.7 Å². The lowest BCUT2D eigenvalue weighted by molar-refractivity contribution is 0.0696. The van der Waals surface area contributed by atoms with Crippen molar-refractivity contribution in [3.63, 3.8) is 0 Å². The molecule has 0 aliphatic carbocycles. The topological polar surface area (TPSA) is 108 Å². The zero-order valence-electron chi connectivity index (χ0n) is 18.1. The van der Waals surface area contributed by atoms with Gasteiger partial charge >= 0.3 is 5.97 Å². The summed E-state index contributed by atoms with van der Waals surface area (Å²) < 4.78 is 29.4. The molecule has 4 aromatic carbocycles. The Labute approximate surface area is 198 Å². The normalized spacial score (nSPS) is 10.9. The summed E-state index contributed by atoms with van der Waals surface area (Å²) in [6.45, 7) is 0.374. The Morgan fingerprint density at radius 3 is 1.91 bits per heavy atom. The zero-order chi connectivity index (χ0) is 24.0. The molecule has 4 rings (SSSR count). The summed E-state index contributed by atoms with van der Waals surface area (Å²) in [6, 6.07) is 29.7. The highest BCUT2D eigenvalue weighted by atomic mass is 32.2. The van der Waals surface area contributed by atoms with Crippen LogP contribution < -0.4 is 15.4 Å². The van der Waals surface area contributed by atoms with E-state index in [1.54, 1.807) is 42.5 Å². The molecule has 8 heteroatoms. The van der Waals surface area contributed by atoms with Crippen molar-refractivity contribution in [3.8, 4) is 0 Å². The van der Waals surface area contributed by atoms with E-state index >= 15 is 0 Å². The lowest BCUT2D eigenvalue weighted by Gasteiger charge is -2.20. The summed E-state index contributed by atoms with van der Waals surface area (Å²) in [5.74, 6) is -1.23. The first kappa shape index (κ1) is 22.9. The molecule has 0 unspecified atom stereocenters.